The van der Waals surface area contributed by atoms with Crippen molar-refractivity contribution < 1.29 is 24.6 Å². The van der Waals surface area contributed by atoms with Crippen molar-refractivity contribution >= 4 is 0 Å². The number of hydrogen-bond acceptors (Lipinski definition) is 3. The van der Waals surface area contributed by atoms with Gasteiger partial charge in [0.25, 0.3) is 0 Å². The average molecular weight is 341 g/mol. The summed E-state index contributed by atoms with van der Waals surface area (Å²) >= 11 is 0. The number of aromatic nitrogens is 2. The van der Waals surface area contributed by atoms with Crippen molar-refractivity contribution in [1.82, 2.24) is 9.97 Å². The van der Waals surface area contributed by atoms with Gasteiger partial charge in [-0.15, -0.1) is 0 Å². The van der Waals surface area contributed by atoms with Crippen LogP contribution in [0.4, 0.5) is 0 Å². The molecule has 114 valence electrons. The molecule has 1 aromatic rings. The van der Waals surface area contributed by atoms with Gasteiger partial charge in [0.1, 0.15) is 0 Å². The third-order valence-corrected chi connectivity index (χ3v) is 1.89. The molecule has 0 spiro atoms. The summed E-state index contributed by atoms with van der Waals surface area (Å²) in [4.78, 5) is 8.34. The van der Waals surface area contributed by atoms with E-state index in [1.165, 1.54) is 0 Å². The monoisotopic (exact) mass is 339 g/mol. The number of hydrogen-bond donors (Lipinski definition) is 1. The molecule has 0 aromatic carbocycles. The molecule has 0 bridgehead atoms. The Kier molecular flexibility index (Phi) is 10.8. The first kappa shape index (κ1) is 22.5. The molecule has 0 saturated heterocycles. The van der Waals surface area contributed by atoms with E-state index in [0.717, 1.165) is 5.56 Å². The van der Waals surface area contributed by atoms with Crippen molar-refractivity contribution in [3.05, 3.63) is 30.2 Å². The van der Waals surface area contributed by atoms with Crippen LogP contribution in [0.1, 0.15) is 59.9 Å². The normalized spacial score (nSPS) is 10.5. The van der Waals surface area contributed by atoms with Crippen molar-refractivity contribution in [3.63, 3.8) is 0 Å². The summed E-state index contributed by atoms with van der Waals surface area (Å²) in [5, 5.41) is 9.67. The van der Waals surface area contributed by atoms with Crippen LogP contribution in [0.3, 0.4) is 0 Å². The first-order valence-electron chi connectivity index (χ1n) is 6.88. The van der Waals surface area contributed by atoms with E-state index in [9.17, 15) is 5.11 Å². The fraction of sp³-hybridized carbons (Fsp3) is 0.588. The summed E-state index contributed by atoms with van der Waals surface area (Å²) in [6, 6.07) is 0. The maximum Gasteiger partial charge on any atom is 0.204 e. The van der Waals surface area contributed by atoms with Gasteiger partial charge >= 0.3 is 0 Å². The zero-order chi connectivity index (χ0) is 15.8. The molecule has 0 amide bonds. The van der Waals surface area contributed by atoms with Crippen LogP contribution in [0.5, 0.6) is 0 Å². The molecule has 3 nitrogen and oxygen atoms in total. The molecule has 0 radical (unpaired) electrons. The van der Waals surface area contributed by atoms with Crippen LogP contribution in [-0.4, -0.2) is 20.7 Å². The van der Waals surface area contributed by atoms with E-state index < -0.39 is 5.60 Å². The topological polar surface area (TPSA) is 46.0 Å². The number of aliphatic hydroxyl groups is 1. The standard InChI is InChI=1S/C14H20N2O.C3H7.Zn/c1-13(2,3)7-6-12-15-9-11(10-16-12)8-14(4,5)17;1-3-2;/h9-10,17H,8H2,1-5H3;3H,1-2H3;/q;-1;. The molecule has 21 heavy (non-hydrogen) atoms. The second-order valence-corrected chi connectivity index (χ2v) is 6.48. The molecule has 1 N–H and O–H groups in total. The molecule has 0 unspecified atom stereocenters. The van der Waals surface area contributed by atoms with Crippen molar-refractivity contribution in [2.24, 2.45) is 5.41 Å². The summed E-state index contributed by atoms with van der Waals surface area (Å²) < 4.78 is 0. The maximum atomic E-state index is 9.67. The SMILES string of the molecule is CC(C)(C)C#Cc1ncc(CC(C)(C)O)cn1.C[CH-]C.[Zn]. The predicted octanol–water partition coefficient (Wildman–Crippen LogP) is 3.42. The Morgan fingerprint density at radius 1 is 1.10 bits per heavy atom. The van der Waals surface area contributed by atoms with Crippen LogP contribution in [0.25, 0.3) is 0 Å². The van der Waals surface area contributed by atoms with Crippen molar-refractivity contribution in [2.75, 3.05) is 0 Å². The van der Waals surface area contributed by atoms with E-state index in [2.05, 4.69) is 21.8 Å². The van der Waals surface area contributed by atoms with E-state index in [4.69, 9.17) is 0 Å². The number of nitrogens with zero attached hydrogens (tertiary/aromatic N) is 2. The molecular weight excluding hydrogens is 314 g/mol. The van der Waals surface area contributed by atoms with E-state index in [-0.39, 0.29) is 24.9 Å². The van der Waals surface area contributed by atoms with Gasteiger partial charge in [-0.25, -0.2) is 9.97 Å². The first-order chi connectivity index (χ1) is 9.07. The Morgan fingerprint density at radius 3 is 1.86 bits per heavy atom. The quantitative estimate of drug-likeness (QED) is 0.510. The summed E-state index contributed by atoms with van der Waals surface area (Å²) in [5.41, 5.74) is 0.135. The summed E-state index contributed by atoms with van der Waals surface area (Å²) in [5.74, 6) is 6.55. The van der Waals surface area contributed by atoms with E-state index in [1.54, 1.807) is 26.2 Å². The maximum absolute atomic E-state index is 9.67. The zero-order valence-electron chi connectivity index (χ0n) is 14.5. The Morgan fingerprint density at radius 2 is 1.52 bits per heavy atom. The molecule has 1 aromatic heterocycles. The molecular formula is C17H27N2OZn-. The molecule has 1 rings (SSSR count). The molecule has 1 heterocycles. The smallest absolute Gasteiger partial charge is 0.204 e. The average Bonchev–Trinajstić information content (AvgIpc) is 2.26. The molecule has 0 aliphatic heterocycles. The Balaban J connectivity index is 0. The third kappa shape index (κ3) is 13.9. The van der Waals surface area contributed by atoms with Crippen LogP contribution in [0.2, 0.25) is 0 Å². The molecule has 0 atom stereocenters. The number of rotatable bonds is 2. The van der Waals surface area contributed by atoms with Gasteiger partial charge in [-0.3, -0.25) is 0 Å². The van der Waals surface area contributed by atoms with Crippen LogP contribution < -0.4 is 0 Å². The Hall–Kier alpha value is -0.777. The van der Waals surface area contributed by atoms with Crippen molar-refractivity contribution in [1.29, 1.82) is 0 Å². The summed E-state index contributed by atoms with van der Waals surface area (Å²) in [7, 11) is 0. The van der Waals surface area contributed by atoms with Crippen LogP contribution in [0, 0.1) is 23.7 Å². The van der Waals surface area contributed by atoms with Gasteiger partial charge in [-0.05, 0) is 46.1 Å². The minimum atomic E-state index is -0.734. The van der Waals surface area contributed by atoms with Crippen LogP contribution in [0.15, 0.2) is 12.4 Å². The molecule has 4 heteroatoms. The fourth-order valence-corrected chi connectivity index (χ4v) is 1.25. The minimum absolute atomic E-state index is 0. The largest absolute Gasteiger partial charge is 0.390 e. The van der Waals surface area contributed by atoms with Crippen LogP contribution >= 0.6 is 0 Å². The second-order valence-electron chi connectivity index (χ2n) is 6.48. The molecule has 0 fully saturated rings. The Labute approximate surface area is 142 Å². The van der Waals surface area contributed by atoms with Gasteiger partial charge < -0.3 is 11.5 Å². The Bertz CT molecular complexity index is 445. The van der Waals surface area contributed by atoms with E-state index in [0.29, 0.717) is 12.2 Å². The van der Waals surface area contributed by atoms with Gasteiger partial charge in [0.2, 0.25) is 5.82 Å². The minimum Gasteiger partial charge on any atom is -0.390 e. The van der Waals surface area contributed by atoms with Gasteiger partial charge in [0.05, 0.1) is 5.60 Å². The second kappa shape index (κ2) is 10.0. The fourth-order valence-electron chi connectivity index (χ4n) is 1.25. The third-order valence-electron chi connectivity index (χ3n) is 1.89. The van der Waals surface area contributed by atoms with E-state index >= 15 is 0 Å². The molecule has 0 aliphatic rings. The zero-order valence-corrected chi connectivity index (χ0v) is 17.5. The van der Waals surface area contributed by atoms with Gasteiger partial charge in [0.15, 0.2) is 0 Å². The van der Waals surface area contributed by atoms with E-state index in [1.807, 2.05) is 41.0 Å². The van der Waals surface area contributed by atoms with Crippen molar-refractivity contribution in [2.45, 2.75) is 60.5 Å². The van der Waals surface area contributed by atoms with Gasteiger partial charge in [-0.1, -0.05) is 5.92 Å². The van der Waals surface area contributed by atoms with Gasteiger partial charge in [0, 0.05) is 43.7 Å². The first-order valence-corrected chi connectivity index (χ1v) is 6.88. The summed E-state index contributed by atoms with van der Waals surface area (Å²) in [6.07, 6.45) is 5.98. The van der Waals surface area contributed by atoms with Crippen molar-refractivity contribution in [3.8, 4) is 11.8 Å². The molecule has 0 saturated carbocycles. The molecule has 0 aliphatic carbocycles. The van der Waals surface area contributed by atoms with Crippen LogP contribution in [-0.2, 0) is 25.9 Å². The predicted molar refractivity (Wildman–Crippen MR) is 84.0 cm³/mol. The summed E-state index contributed by atoms with van der Waals surface area (Å²) in [6.45, 7) is 13.7. The van der Waals surface area contributed by atoms with Gasteiger partial charge in [-0.2, -0.15) is 13.8 Å².